The molecule has 1 aliphatic heterocycles. The molecule has 0 aromatic heterocycles. The van der Waals surface area contributed by atoms with Gasteiger partial charge in [-0.1, -0.05) is 42.5 Å². The summed E-state index contributed by atoms with van der Waals surface area (Å²) in [7, 11) is 0. The molecule has 0 aliphatic carbocycles. The first-order valence-corrected chi connectivity index (χ1v) is 9.36. The predicted molar refractivity (Wildman–Crippen MR) is 101 cm³/mol. The van der Waals surface area contributed by atoms with Crippen LogP contribution in [0.2, 0.25) is 0 Å². The Hall–Kier alpha value is -2.06. The fraction of sp³-hybridized carbons (Fsp3) is 0.222. The Labute approximate surface area is 158 Å². The number of anilines is 1. The van der Waals surface area contributed by atoms with Crippen molar-refractivity contribution in [1.29, 1.82) is 0 Å². The van der Waals surface area contributed by atoms with Gasteiger partial charge in [-0.05, 0) is 29.9 Å². The van der Waals surface area contributed by atoms with E-state index in [0.29, 0.717) is 11.5 Å². The first kappa shape index (κ1) is 18.7. The van der Waals surface area contributed by atoms with Crippen molar-refractivity contribution >= 4 is 40.7 Å². The molecule has 0 spiro atoms. The van der Waals surface area contributed by atoms with E-state index in [4.69, 9.17) is 12.2 Å². The van der Waals surface area contributed by atoms with E-state index >= 15 is 0 Å². The summed E-state index contributed by atoms with van der Waals surface area (Å²) in [6.07, 6.45) is -4.56. The first-order chi connectivity index (χ1) is 12.4. The van der Waals surface area contributed by atoms with Crippen LogP contribution in [0.25, 0.3) is 0 Å². The number of carbonyl (C=O) groups excluding carboxylic acids is 1. The Kier molecular flexibility index (Phi) is 5.52. The average Bonchev–Trinajstić information content (AvgIpc) is 2.89. The topological polar surface area (TPSA) is 32.3 Å². The number of rotatable bonds is 5. The van der Waals surface area contributed by atoms with E-state index in [-0.39, 0.29) is 10.8 Å². The fourth-order valence-corrected chi connectivity index (χ4v) is 3.99. The molecule has 1 heterocycles. The molecule has 0 bridgehead atoms. The molecule has 1 atom stereocenters. The predicted octanol–water partition coefficient (Wildman–Crippen LogP) is 4.23. The van der Waals surface area contributed by atoms with Crippen LogP contribution in [0.15, 0.2) is 54.6 Å². The molecule has 136 valence electrons. The second kappa shape index (κ2) is 7.67. The molecule has 1 fully saturated rings. The van der Waals surface area contributed by atoms with Crippen molar-refractivity contribution in [2.75, 3.05) is 10.7 Å². The van der Waals surface area contributed by atoms with E-state index in [2.05, 4.69) is 5.32 Å². The number of alkyl halides is 3. The van der Waals surface area contributed by atoms with Crippen molar-refractivity contribution in [3.05, 3.63) is 65.7 Å². The van der Waals surface area contributed by atoms with Gasteiger partial charge < -0.3 is 5.32 Å². The maximum atomic E-state index is 13.2. The quantitative estimate of drug-likeness (QED) is 0.767. The summed E-state index contributed by atoms with van der Waals surface area (Å²) in [5.74, 6) is 0.656. The van der Waals surface area contributed by atoms with Crippen LogP contribution in [0.3, 0.4) is 0 Å². The minimum Gasteiger partial charge on any atom is -0.349 e. The highest BCUT2D eigenvalue weighted by Gasteiger charge is 2.41. The Balaban J connectivity index is 1.72. The number of hydrogen-bond acceptors (Lipinski definition) is 3. The fourth-order valence-electron chi connectivity index (χ4n) is 2.65. The van der Waals surface area contributed by atoms with E-state index in [1.165, 1.54) is 30.0 Å². The zero-order valence-corrected chi connectivity index (χ0v) is 15.1. The second-order valence-electron chi connectivity index (χ2n) is 5.69. The highest BCUT2D eigenvalue weighted by molar-refractivity contribution is 7.98. The molecule has 26 heavy (non-hydrogen) atoms. The van der Waals surface area contributed by atoms with Crippen LogP contribution in [0.4, 0.5) is 18.9 Å². The molecule has 8 heteroatoms. The van der Waals surface area contributed by atoms with Crippen LogP contribution in [-0.4, -0.2) is 22.8 Å². The van der Waals surface area contributed by atoms with Crippen LogP contribution in [0.1, 0.15) is 11.1 Å². The third-order valence-corrected chi connectivity index (χ3v) is 5.27. The van der Waals surface area contributed by atoms with Crippen molar-refractivity contribution in [3.63, 3.8) is 0 Å². The summed E-state index contributed by atoms with van der Waals surface area (Å²) in [6.45, 7) is 0. The SMILES string of the molecule is O=C1C(CSCc2ccccc2)NC(=S)N1c1ccccc1C(F)(F)F. The number of benzene rings is 2. The van der Waals surface area contributed by atoms with Gasteiger partial charge in [-0.2, -0.15) is 24.9 Å². The Morgan fingerprint density at radius 1 is 1.08 bits per heavy atom. The molecule has 1 saturated heterocycles. The number of para-hydroxylation sites is 1. The number of nitrogens with one attached hydrogen (secondary N) is 1. The van der Waals surface area contributed by atoms with Gasteiger partial charge in [0.25, 0.3) is 5.91 Å². The summed E-state index contributed by atoms with van der Waals surface area (Å²) in [4.78, 5) is 13.6. The highest BCUT2D eigenvalue weighted by atomic mass is 32.2. The highest BCUT2D eigenvalue weighted by Crippen LogP contribution is 2.37. The third-order valence-electron chi connectivity index (χ3n) is 3.87. The number of amides is 1. The van der Waals surface area contributed by atoms with Crippen LogP contribution < -0.4 is 10.2 Å². The maximum absolute atomic E-state index is 13.2. The van der Waals surface area contributed by atoms with E-state index in [1.807, 2.05) is 30.3 Å². The van der Waals surface area contributed by atoms with Gasteiger partial charge in [0.1, 0.15) is 6.04 Å². The van der Waals surface area contributed by atoms with Gasteiger partial charge in [0.15, 0.2) is 5.11 Å². The maximum Gasteiger partial charge on any atom is 0.418 e. The smallest absolute Gasteiger partial charge is 0.349 e. The summed E-state index contributed by atoms with van der Waals surface area (Å²) in [5.41, 5.74) is -0.00190. The van der Waals surface area contributed by atoms with Crippen molar-refractivity contribution in [1.82, 2.24) is 5.32 Å². The zero-order valence-electron chi connectivity index (χ0n) is 13.5. The van der Waals surface area contributed by atoms with Crippen molar-refractivity contribution in [2.45, 2.75) is 18.0 Å². The van der Waals surface area contributed by atoms with Gasteiger partial charge in [-0.15, -0.1) is 0 Å². The number of thiocarbonyl (C=S) groups is 1. The Morgan fingerprint density at radius 3 is 2.42 bits per heavy atom. The number of hydrogen-bond donors (Lipinski definition) is 1. The molecule has 3 nitrogen and oxygen atoms in total. The molecule has 2 aromatic rings. The van der Waals surface area contributed by atoms with Gasteiger partial charge in [-0.3, -0.25) is 9.69 Å². The van der Waals surface area contributed by atoms with E-state index in [9.17, 15) is 18.0 Å². The van der Waals surface area contributed by atoms with Gasteiger partial charge in [0.05, 0.1) is 11.3 Å². The van der Waals surface area contributed by atoms with Crippen LogP contribution >= 0.6 is 24.0 Å². The molecule has 1 aliphatic rings. The number of halogens is 3. The van der Waals surface area contributed by atoms with Gasteiger partial charge >= 0.3 is 6.18 Å². The molecule has 0 saturated carbocycles. The monoisotopic (exact) mass is 396 g/mol. The zero-order chi connectivity index (χ0) is 18.7. The average molecular weight is 396 g/mol. The van der Waals surface area contributed by atoms with Crippen molar-refractivity contribution in [3.8, 4) is 0 Å². The summed E-state index contributed by atoms with van der Waals surface area (Å²) < 4.78 is 39.7. The van der Waals surface area contributed by atoms with Crippen LogP contribution in [0.5, 0.6) is 0 Å². The van der Waals surface area contributed by atoms with Crippen molar-refractivity contribution < 1.29 is 18.0 Å². The number of carbonyl (C=O) groups is 1. The second-order valence-corrected chi connectivity index (χ2v) is 7.11. The van der Waals surface area contributed by atoms with E-state index in [1.54, 1.807) is 0 Å². The van der Waals surface area contributed by atoms with Gasteiger partial charge in [-0.25, -0.2) is 0 Å². The summed E-state index contributed by atoms with van der Waals surface area (Å²) in [6, 6.07) is 14.0. The van der Waals surface area contributed by atoms with Crippen LogP contribution in [-0.2, 0) is 16.7 Å². The summed E-state index contributed by atoms with van der Waals surface area (Å²) >= 11 is 6.64. The summed E-state index contributed by atoms with van der Waals surface area (Å²) in [5, 5.41) is 2.83. The minimum absolute atomic E-state index is 0.00277. The lowest BCUT2D eigenvalue weighted by atomic mass is 10.1. The third kappa shape index (κ3) is 4.02. The number of thioether (sulfide) groups is 1. The largest absolute Gasteiger partial charge is 0.418 e. The normalized spacial score (nSPS) is 17.5. The lowest BCUT2D eigenvalue weighted by Gasteiger charge is -2.20. The van der Waals surface area contributed by atoms with Crippen molar-refractivity contribution in [2.24, 2.45) is 0 Å². The molecule has 1 amide bonds. The number of nitrogens with zero attached hydrogens (tertiary/aromatic N) is 1. The first-order valence-electron chi connectivity index (χ1n) is 7.80. The molecule has 1 unspecified atom stereocenters. The Morgan fingerprint density at radius 2 is 1.73 bits per heavy atom. The van der Waals surface area contributed by atoms with Gasteiger partial charge in [0.2, 0.25) is 0 Å². The standard InChI is InChI=1S/C18H15F3N2OS2/c19-18(20,21)13-8-4-5-9-15(13)23-16(24)14(22-17(23)25)11-26-10-12-6-2-1-3-7-12/h1-9,14H,10-11H2,(H,22,25). The molecule has 3 rings (SSSR count). The van der Waals surface area contributed by atoms with Gasteiger partial charge in [0, 0.05) is 11.5 Å². The van der Waals surface area contributed by atoms with E-state index in [0.717, 1.165) is 16.5 Å². The molecule has 2 aromatic carbocycles. The molecule has 1 N–H and O–H groups in total. The minimum atomic E-state index is -4.56. The lowest BCUT2D eigenvalue weighted by Crippen LogP contribution is -2.33. The lowest BCUT2D eigenvalue weighted by molar-refractivity contribution is -0.137. The van der Waals surface area contributed by atoms with E-state index < -0.39 is 23.7 Å². The Bertz CT molecular complexity index is 812. The molecular formula is C18H15F3N2OS2. The molecular weight excluding hydrogens is 381 g/mol. The van der Waals surface area contributed by atoms with Crippen LogP contribution in [0, 0.1) is 0 Å². The molecule has 0 radical (unpaired) electrons.